The molecule has 3 rings (SSSR count). The molecule has 90 valence electrons. The molecule has 0 aliphatic carbocycles. The van der Waals surface area contributed by atoms with Crippen molar-refractivity contribution in [3.63, 3.8) is 0 Å². The molecular formula is C12H9ClN4S. The Labute approximate surface area is 113 Å². The van der Waals surface area contributed by atoms with Gasteiger partial charge in [0.2, 0.25) is 0 Å². The lowest BCUT2D eigenvalue weighted by molar-refractivity contribution is 1.11. The first-order valence-electron chi connectivity index (χ1n) is 5.29. The third-order valence-corrected chi connectivity index (χ3v) is 3.58. The maximum absolute atomic E-state index is 6.10. The summed E-state index contributed by atoms with van der Waals surface area (Å²) in [7, 11) is 0. The van der Waals surface area contributed by atoms with E-state index < -0.39 is 0 Å². The molecule has 0 aliphatic heterocycles. The van der Waals surface area contributed by atoms with Gasteiger partial charge in [0.05, 0.1) is 6.20 Å². The van der Waals surface area contributed by atoms with Gasteiger partial charge in [-0.1, -0.05) is 23.7 Å². The van der Waals surface area contributed by atoms with Crippen molar-refractivity contribution in [3.8, 4) is 11.4 Å². The van der Waals surface area contributed by atoms with E-state index in [1.54, 1.807) is 18.0 Å². The molecular weight excluding hydrogens is 268 g/mol. The van der Waals surface area contributed by atoms with Gasteiger partial charge in [0.25, 0.3) is 0 Å². The van der Waals surface area contributed by atoms with E-state index >= 15 is 0 Å². The topological polar surface area (TPSA) is 54.5 Å². The van der Waals surface area contributed by atoms with Crippen LogP contribution in [0.1, 0.15) is 0 Å². The molecule has 0 fully saturated rings. The number of fused-ring (bicyclic) bond motifs is 1. The Balaban J connectivity index is 2.18. The van der Waals surface area contributed by atoms with Crippen LogP contribution in [0.3, 0.4) is 0 Å². The maximum Gasteiger partial charge on any atom is 0.161 e. The van der Waals surface area contributed by atoms with E-state index in [0.29, 0.717) is 16.5 Å². The van der Waals surface area contributed by atoms with Crippen LogP contribution >= 0.6 is 23.4 Å². The highest BCUT2D eigenvalue weighted by atomic mass is 35.5. The molecule has 2 aromatic heterocycles. The lowest BCUT2D eigenvalue weighted by Crippen LogP contribution is -1.90. The monoisotopic (exact) mass is 276 g/mol. The van der Waals surface area contributed by atoms with Crippen LogP contribution in [-0.4, -0.2) is 26.4 Å². The molecule has 4 nitrogen and oxygen atoms in total. The SMILES string of the molecule is CSc1cccc(-c2nc(Cl)c3[nH]ncc3n2)c1. The number of rotatable bonds is 2. The molecule has 0 radical (unpaired) electrons. The molecule has 0 aliphatic rings. The Morgan fingerprint density at radius 2 is 2.17 bits per heavy atom. The first kappa shape index (κ1) is 11.5. The molecule has 1 N–H and O–H groups in total. The fourth-order valence-electron chi connectivity index (χ4n) is 1.70. The molecule has 6 heteroatoms. The van der Waals surface area contributed by atoms with Crippen molar-refractivity contribution in [2.45, 2.75) is 4.90 Å². The van der Waals surface area contributed by atoms with Crippen LogP contribution in [0.2, 0.25) is 5.15 Å². The Morgan fingerprint density at radius 3 is 3.00 bits per heavy atom. The molecule has 0 bridgehead atoms. The smallest absolute Gasteiger partial charge is 0.161 e. The third-order valence-electron chi connectivity index (χ3n) is 2.58. The van der Waals surface area contributed by atoms with Crippen molar-refractivity contribution >= 4 is 34.4 Å². The van der Waals surface area contributed by atoms with E-state index in [2.05, 4.69) is 20.2 Å². The first-order chi connectivity index (χ1) is 8.78. The fourth-order valence-corrected chi connectivity index (χ4v) is 2.37. The normalized spacial score (nSPS) is 11.0. The summed E-state index contributed by atoms with van der Waals surface area (Å²) in [5.74, 6) is 0.616. The summed E-state index contributed by atoms with van der Waals surface area (Å²) in [5, 5.41) is 7.08. The number of aromatic amines is 1. The van der Waals surface area contributed by atoms with Gasteiger partial charge < -0.3 is 0 Å². The van der Waals surface area contributed by atoms with Gasteiger partial charge in [0.15, 0.2) is 11.0 Å². The minimum atomic E-state index is 0.391. The van der Waals surface area contributed by atoms with Crippen molar-refractivity contribution < 1.29 is 0 Å². The predicted octanol–water partition coefficient (Wildman–Crippen LogP) is 3.40. The molecule has 0 unspecified atom stereocenters. The minimum absolute atomic E-state index is 0.391. The van der Waals surface area contributed by atoms with Crippen LogP contribution in [0.25, 0.3) is 22.4 Å². The number of aromatic nitrogens is 4. The fraction of sp³-hybridized carbons (Fsp3) is 0.0833. The third kappa shape index (κ3) is 1.95. The van der Waals surface area contributed by atoms with Crippen LogP contribution < -0.4 is 0 Å². The first-order valence-corrected chi connectivity index (χ1v) is 6.89. The Morgan fingerprint density at radius 1 is 1.28 bits per heavy atom. The molecule has 0 saturated heterocycles. The average molecular weight is 277 g/mol. The van der Waals surface area contributed by atoms with Crippen LogP contribution in [0.5, 0.6) is 0 Å². The number of benzene rings is 1. The predicted molar refractivity (Wildman–Crippen MR) is 73.9 cm³/mol. The van der Waals surface area contributed by atoms with E-state index in [9.17, 15) is 0 Å². The van der Waals surface area contributed by atoms with Crippen molar-refractivity contribution in [1.29, 1.82) is 0 Å². The summed E-state index contributed by atoms with van der Waals surface area (Å²) in [4.78, 5) is 9.90. The molecule has 0 amide bonds. The zero-order chi connectivity index (χ0) is 12.5. The van der Waals surface area contributed by atoms with Gasteiger partial charge in [0, 0.05) is 10.5 Å². The average Bonchev–Trinajstić information content (AvgIpc) is 2.87. The van der Waals surface area contributed by atoms with Gasteiger partial charge in [-0.2, -0.15) is 5.10 Å². The second-order valence-electron chi connectivity index (χ2n) is 3.70. The lowest BCUT2D eigenvalue weighted by Gasteiger charge is -2.03. The van der Waals surface area contributed by atoms with Gasteiger partial charge >= 0.3 is 0 Å². The Bertz CT molecular complexity index is 710. The van der Waals surface area contributed by atoms with Crippen LogP contribution in [-0.2, 0) is 0 Å². The number of nitrogens with zero attached hydrogens (tertiary/aromatic N) is 3. The summed E-state index contributed by atoms with van der Waals surface area (Å²) in [6.45, 7) is 0. The quantitative estimate of drug-likeness (QED) is 0.576. The second-order valence-corrected chi connectivity index (χ2v) is 4.94. The minimum Gasteiger partial charge on any atom is -0.273 e. The molecule has 1 aromatic carbocycles. The van der Waals surface area contributed by atoms with Crippen molar-refractivity contribution in [2.24, 2.45) is 0 Å². The molecule has 0 saturated carbocycles. The Hall–Kier alpha value is -1.59. The van der Waals surface area contributed by atoms with Crippen molar-refractivity contribution in [1.82, 2.24) is 20.2 Å². The van der Waals surface area contributed by atoms with Crippen molar-refractivity contribution in [2.75, 3.05) is 6.26 Å². The molecule has 18 heavy (non-hydrogen) atoms. The van der Waals surface area contributed by atoms with Crippen molar-refractivity contribution in [3.05, 3.63) is 35.6 Å². The second kappa shape index (κ2) is 4.59. The molecule has 2 heterocycles. The van der Waals surface area contributed by atoms with Gasteiger partial charge in [-0.15, -0.1) is 11.8 Å². The van der Waals surface area contributed by atoms with Gasteiger partial charge in [0.1, 0.15) is 11.0 Å². The highest BCUT2D eigenvalue weighted by Gasteiger charge is 2.09. The van der Waals surface area contributed by atoms with E-state index in [0.717, 1.165) is 11.1 Å². The van der Waals surface area contributed by atoms with Gasteiger partial charge in [-0.3, -0.25) is 5.10 Å². The van der Waals surface area contributed by atoms with E-state index in [-0.39, 0.29) is 0 Å². The highest BCUT2D eigenvalue weighted by molar-refractivity contribution is 7.98. The van der Waals surface area contributed by atoms with Gasteiger partial charge in [-0.05, 0) is 18.4 Å². The van der Waals surface area contributed by atoms with Gasteiger partial charge in [-0.25, -0.2) is 9.97 Å². The largest absolute Gasteiger partial charge is 0.273 e. The van der Waals surface area contributed by atoms with E-state index in [1.807, 2.05) is 30.5 Å². The number of nitrogens with one attached hydrogen (secondary N) is 1. The number of hydrogen-bond donors (Lipinski definition) is 1. The number of halogens is 1. The molecule has 3 aromatic rings. The summed E-state index contributed by atoms with van der Waals surface area (Å²) in [6, 6.07) is 8.05. The van der Waals surface area contributed by atoms with Crippen LogP contribution in [0.4, 0.5) is 0 Å². The number of hydrogen-bond acceptors (Lipinski definition) is 4. The summed E-state index contributed by atoms with van der Waals surface area (Å²) >= 11 is 7.78. The summed E-state index contributed by atoms with van der Waals surface area (Å²) in [5.41, 5.74) is 2.34. The maximum atomic E-state index is 6.10. The zero-order valence-corrected chi connectivity index (χ0v) is 11.1. The van der Waals surface area contributed by atoms with Crippen LogP contribution in [0, 0.1) is 0 Å². The number of H-pyrrole nitrogens is 1. The molecule has 0 atom stereocenters. The van der Waals surface area contributed by atoms with E-state index in [4.69, 9.17) is 11.6 Å². The summed E-state index contributed by atoms with van der Waals surface area (Å²) in [6.07, 6.45) is 3.68. The standard InChI is InChI=1S/C12H9ClN4S/c1-18-8-4-2-3-7(5-8)12-15-9-6-14-17-10(9)11(13)16-12/h2-6H,1H3,(H,14,17). The van der Waals surface area contributed by atoms with Crippen LogP contribution in [0.15, 0.2) is 35.4 Å². The van der Waals surface area contributed by atoms with E-state index in [1.165, 1.54) is 4.90 Å². The molecule has 0 spiro atoms. The summed E-state index contributed by atoms with van der Waals surface area (Å²) < 4.78 is 0. The lowest BCUT2D eigenvalue weighted by atomic mass is 10.2. The highest BCUT2D eigenvalue weighted by Crippen LogP contribution is 2.25. The number of thioether (sulfide) groups is 1. The Kier molecular flexibility index (Phi) is 2.93. The zero-order valence-electron chi connectivity index (χ0n) is 9.51.